The summed E-state index contributed by atoms with van der Waals surface area (Å²) in [6.07, 6.45) is 1.56. The van der Waals surface area contributed by atoms with Gasteiger partial charge in [0.1, 0.15) is 5.69 Å². The number of rotatable bonds is 7. The average molecular weight is 451 g/mol. The van der Waals surface area contributed by atoms with Crippen molar-refractivity contribution in [1.29, 1.82) is 0 Å². The molecule has 32 heavy (non-hydrogen) atoms. The molecule has 4 rings (SSSR count). The molecule has 0 radical (unpaired) electrons. The van der Waals surface area contributed by atoms with E-state index in [-0.39, 0.29) is 23.5 Å². The van der Waals surface area contributed by atoms with Gasteiger partial charge in [-0.05, 0) is 19.8 Å². The standard InChI is InChI=1S/C25H26N2O4S/c1-2-30-24(29)20-14-9-15-27(16-20)21(28)17-32-25-26-22(18-10-5-3-6-11-18)23(31-25)19-12-7-4-8-13-19/h3-8,10-13,20H,2,9,14-17H2,1H3. The topological polar surface area (TPSA) is 72.6 Å². The monoisotopic (exact) mass is 450 g/mol. The molecule has 7 heteroatoms. The largest absolute Gasteiger partial charge is 0.466 e. The van der Waals surface area contributed by atoms with E-state index in [1.54, 1.807) is 11.8 Å². The van der Waals surface area contributed by atoms with E-state index >= 15 is 0 Å². The molecule has 3 aromatic rings. The van der Waals surface area contributed by atoms with Crippen LogP contribution in [0.15, 0.2) is 70.3 Å². The lowest BCUT2D eigenvalue weighted by Crippen LogP contribution is -2.43. The Morgan fingerprint density at radius 1 is 1.09 bits per heavy atom. The summed E-state index contributed by atoms with van der Waals surface area (Å²) in [4.78, 5) is 31.3. The normalized spacial score (nSPS) is 16.0. The molecule has 166 valence electrons. The van der Waals surface area contributed by atoms with E-state index in [0.29, 0.717) is 30.7 Å². The number of aromatic nitrogens is 1. The lowest BCUT2D eigenvalue weighted by molar-refractivity contribution is -0.151. The molecule has 2 aromatic carbocycles. The molecule has 0 spiro atoms. The van der Waals surface area contributed by atoms with E-state index in [0.717, 1.165) is 29.7 Å². The summed E-state index contributed by atoms with van der Waals surface area (Å²) < 4.78 is 11.2. The highest BCUT2D eigenvalue weighted by atomic mass is 32.2. The van der Waals surface area contributed by atoms with Crippen molar-refractivity contribution in [3.8, 4) is 22.6 Å². The fraction of sp³-hybridized carbons (Fsp3) is 0.320. The molecule has 1 saturated heterocycles. The number of amides is 1. The molecule has 1 aliphatic rings. The van der Waals surface area contributed by atoms with Crippen LogP contribution < -0.4 is 0 Å². The van der Waals surface area contributed by atoms with E-state index in [4.69, 9.17) is 14.1 Å². The maximum atomic E-state index is 12.8. The number of likely N-dealkylation sites (tertiary alicyclic amines) is 1. The van der Waals surface area contributed by atoms with Crippen LogP contribution in [-0.4, -0.2) is 47.2 Å². The number of oxazole rings is 1. The fourth-order valence-electron chi connectivity index (χ4n) is 3.81. The highest BCUT2D eigenvalue weighted by molar-refractivity contribution is 7.99. The number of ether oxygens (including phenoxy) is 1. The third kappa shape index (κ3) is 5.22. The third-order valence-corrected chi connectivity index (χ3v) is 6.22. The van der Waals surface area contributed by atoms with Crippen LogP contribution >= 0.6 is 11.8 Å². The average Bonchev–Trinajstić information content (AvgIpc) is 3.28. The van der Waals surface area contributed by atoms with Crippen LogP contribution in [0, 0.1) is 5.92 Å². The summed E-state index contributed by atoms with van der Waals surface area (Å²) in [5.74, 6) is 0.411. The minimum absolute atomic E-state index is 0.0234. The Morgan fingerprint density at radius 2 is 1.78 bits per heavy atom. The van der Waals surface area contributed by atoms with Gasteiger partial charge in [0.05, 0.1) is 18.3 Å². The Bertz CT molecular complexity index is 995. The van der Waals surface area contributed by atoms with Crippen molar-refractivity contribution in [2.24, 2.45) is 5.92 Å². The number of carbonyl (C=O) groups excluding carboxylic acids is 2. The van der Waals surface area contributed by atoms with Gasteiger partial charge in [-0.1, -0.05) is 72.4 Å². The zero-order chi connectivity index (χ0) is 22.3. The van der Waals surface area contributed by atoms with Crippen molar-refractivity contribution in [2.45, 2.75) is 25.0 Å². The van der Waals surface area contributed by atoms with Crippen LogP contribution in [0.25, 0.3) is 22.6 Å². The Hall–Kier alpha value is -3.06. The van der Waals surface area contributed by atoms with Crippen molar-refractivity contribution < 1.29 is 18.7 Å². The molecule has 0 bridgehead atoms. The minimum atomic E-state index is -0.242. The predicted molar refractivity (Wildman–Crippen MR) is 124 cm³/mol. The maximum Gasteiger partial charge on any atom is 0.310 e. The summed E-state index contributed by atoms with van der Waals surface area (Å²) in [5, 5.41) is 0.454. The molecule has 1 atom stereocenters. The number of benzene rings is 2. The van der Waals surface area contributed by atoms with Gasteiger partial charge in [-0.2, -0.15) is 0 Å². The lowest BCUT2D eigenvalue weighted by Gasteiger charge is -2.31. The SMILES string of the molecule is CCOC(=O)C1CCCN(C(=O)CSc2nc(-c3ccccc3)c(-c3ccccc3)o2)C1. The van der Waals surface area contributed by atoms with Crippen LogP contribution in [0.4, 0.5) is 0 Å². The Balaban J connectivity index is 1.47. The van der Waals surface area contributed by atoms with Gasteiger partial charge in [0.25, 0.3) is 5.22 Å². The molecule has 1 aliphatic heterocycles. The summed E-state index contributed by atoms with van der Waals surface area (Å²) in [5.41, 5.74) is 2.65. The molecule has 1 amide bonds. The van der Waals surface area contributed by atoms with E-state index in [1.165, 1.54) is 11.8 Å². The molecule has 0 saturated carbocycles. The second kappa shape index (κ2) is 10.5. The quantitative estimate of drug-likeness (QED) is 0.376. The third-order valence-electron chi connectivity index (χ3n) is 5.40. The van der Waals surface area contributed by atoms with Gasteiger partial charge in [-0.3, -0.25) is 9.59 Å². The van der Waals surface area contributed by atoms with Gasteiger partial charge in [0.15, 0.2) is 5.76 Å². The van der Waals surface area contributed by atoms with Crippen LogP contribution in [0.3, 0.4) is 0 Å². The number of piperidine rings is 1. The van der Waals surface area contributed by atoms with Gasteiger partial charge in [0.2, 0.25) is 5.91 Å². The van der Waals surface area contributed by atoms with Gasteiger partial charge in [-0.15, -0.1) is 0 Å². The van der Waals surface area contributed by atoms with Crippen LogP contribution in [0.2, 0.25) is 0 Å². The van der Waals surface area contributed by atoms with Gasteiger partial charge in [-0.25, -0.2) is 4.98 Å². The highest BCUT2D eigenvalue weighted by Gasteiger charge is 2.29. The molecular formula is C25H26N2O4S. The maximum absolute atomic E-state index is 12.8. The first-order chi connectivity index (χ1) is 15.7. The van der Waals surface area contributed by atoms with Gasteiger partial charge < -0.3 is 14.1 Å². The van der Waals surface area contributed by atoms with Crippen molar-refractivity contribution in [1.82, 2.24) is 9.88 Å². The zero-order valence-electron chi connectivity index (χ0n) is 18.0. The first-order valence-electron chi connectivity index (χ1n) is 10.8. The number of thioether (sulfide) groups is 1. The number of hydrogen-bond acceptors (Lipinski definition) is 6. The Kier molecular flexibility index (Phi) is 7.27. The molecule has 2 heterocycles. The predicted octanol–water partition coefficient (Wildman–Crippen LogP) is 4.90. The molecular weight excluding hydrogens is 424 g/mol. The lowest BCUT2D eigenvalue weighted by atomic mass is 9.98. The first kappa shape index (κ1) is 22.1. The molecule has 6 nitrogen and oxygen atoms in total. The molecule has 1 aromatic heterocycles. The van der Waals surface area contributed by atoms with Crippen molar-refractivity contribution in [2.75, 3.05) is 25.4 Å². The summed E-state index contributed by atoms with van der Waals surface area (Å²) in [6, 6.07) is 19.7. The first-order valence-corrected chi connectivity index (χ1v) is 11.8. The van der Waals surface area contributed by atoms with E-state index < -0.39 is 0 Å². The molecule has 1 unspecified atom stereocenters. The minimum Gasteiger partial charge on any atom is -0.466 e. The van der Waals surface area contributed by atoms with Gasteiger partial charge in [0, 0.05) is 24.2 Å². The van der Waals surface area contributed by atoms with E-state index in [1.807, 2.05) is 60.7 Å². The highest BCUT2D eigenvalue weighted by Crippen LogP contribution is 2.35. The number of esters is 1. The van der Waals surface area contributed by atoms with Crippen LogP contribution in [0.5, 0.6) is 0 Å². The smallest absolute Gasteiger partial charge is 0.310 e. The van der Waals surface area contributed by atoms with E-state index in [2.05, 4.69) is 0 Å². The van der Waals surface area contributed by atoms with Crippen LogP contribution in [0.1, 0.15) is 19.8 Å². The second-order valence-electron chi connectivity index (χ2n) is 7.61. The fourth-order valence-corrected chi connectivity index (χ4v) is 4.54. The molecule has 0 N–H and O–H groups in total. The van der Waals surface area contributed by atoms with E-state index in [9.17, 15) is 9.59 Å². The summed E-state index contributed by atoms with van der Waals surface area (Å²) in [7, 11) is 0. The van der Waals surface area contributed by atoms with Crippen molar-refractivity contribution in [3.63, 3.8) is 0 Å². The summed E-state index contributed by atoms with van der Waals surface area (Å²) in [6.45, 7) is 3.22. The zero-order valence-corrected chi connectivity index (χ0v) is 18.8. The van der Waals surface area contributed by atoms with Crippen molar-refractivity contribution in [3.05, 3.63) is 60.7 Å². The Morgan fingerprint density at radius 3 is 2.47 bits per heavy atom. The number of hydrogen-bond donors (Lipinski definition) is 0. The second-order valence-corrected chi connectivity index (χ2v) is 8.54. The molecule has 0 aliphatic carbocycles. The van der Waals surface area contributed by atoms with Crippen LogP contribution in [-0.2, 0) is 14.3 Å². The van der Waals surface area contributed by atoms with Crippen molar-refractivity contribution >= 4 is 23.6 Å². The number of nitrogens with zero attached hydrogens (tertiary/aromatic N) is 2. The summed E-state index contributed by atoms with van der Waals surface area (Å²) >= 11 is 1.28. The van der Waals surface area contributed by atoms with Gasteiger partial charge >= 0.3 is 5.97 Å². The molecule has 1 fully saturated rings. The number of carbonyl (C=O) groups is 2. The Labute approximate surface area is 192 Å².